The predicted molar refractivity (Wildman–Crippen MR) is 70.6 cm³/mol. The molecular weight excluding hydrogens is 248 g/mol. The van der Waals surface area contributed by atoms with Crippen molar-refractivity contribution in [1.82, 2.24) is 5.32 Å². The third kappa shape index (κ3) is 6.30. The summed E-state index contributed by atoms with van der Waals surface area (Å²) in [6.07, 6.45) is 0.0871. The molecule has 1 amide bonds. The van der Waals surface area contributed by atoms with Gasteiger partial charge in [-0.25, -0.2) is 0 Å². The maximum absolute atomic E-state index is 11.3. The molecule has 0 aromatic heterocycles. The van der Waals surface area contributed by atoms with Gasteiger partial charge in [0.15, 0.2) is 6.61 Å². The van der Waals surface area contributed by atoms with Gasteiger partial charge in [0.05, 0.1) is 13.0 Å². The van der Waals surface area contributed by atoms with E-state index in [2.05, 4.69) is 5.32 Å². The number of amides is 1. The van der Waals surface area contributed by atoms with Gasteiger partial charge < -0.3 is 20.5 Å². The van der Waals surface area contributed by atoms with E-state index in [0.717, 1.165) is 0 Å². The molecule has 0 fully saturated rings. The Morgan fingerprint density at radius 1 is 1.26 bits per heavy atom. The minimum absolute atomic E-state index is 0.0871. The molecular formula is C13H18N2O4. The number of hydrogen-bond acceptors (Lipinski definition) is 5. The lowest BCUT2D eigenvalue weighted by Gasteiger charge is -2.07. The lowest BCUT2D eigenvalue weighted by molar-refractivity contribution is -0.149. The highest BCUT2D eigenvalue weighted by atomic mass is 16.5. The summed E-state index contributed by atoms with van der Waals surface area (Å²) < 4.78 is 10.1. The summed E-state index contributed by atoms with van der Waals surface area (Å²) in [5.41, 5.74) is 6.18. The van der Waals surface area contributed by atoms with Crippen molar-refractivity contribution in [3.63, 3.8) is 0 Å². The van der Waals surface area contributed by atoms with E-state index >= 15 is 0 Å². The fourth-order valence-electron chi connectivity index (χ4n) is 1.28. The van der Waals surface area contributed by atoms with Crippen LogP contribution in [-0.4, -0.2) is 31.6 Å². The van der Waals surface area contributed by atoms with Crippen LogP contribution in [0.15, 0.2) is 24.3 Å². The summed E-state index contributed by atoms with van der Waals surface area (Å²) in [6.45, 7) is 2.24. The van der Waals surface area contributed by atoms with E-state index in [1.165, 1.54) is 0 Å². The highest BCUT2D eigenvalue weighted by Gasteiger charge is 2.06. The normalized spacial score (nSPS) is 9.74. The predicted octanol–water partition coefficient (Wildman–Crippen LogP) is 0.717. The molecule has 19 heavy (non-hydrogen) atoms. The number of anilines is 1. The Bertz CT molecular complexity index is 417. The fraction of sp³-hybridized carbons (Fsp3) is 0.385. The van der Waals surface area contributed by atoms with Crippen LogP contribution in [-0.2, 0) is 14.3 Å². The van der Waals surface area contributed by atoms with Crippen LogP contribution < -0.4 is 15.8 Å². The van der Waals surface area contributed by atoms with E-state index in [-0.39, 0.29) is 25.5 Å². The first-order valence-corrected chi connectivity index (χ1v) is 6.02. The van der Waals surface area contributed by atoms with E-state index in [1.54, 1.807) is 31.2 Å². The number of hydrogen-bond donors (Lipinski definition) is 2. The molecule has 3 N–H and O–H groups in total. The second-order valence-electron chi connectivity index (χ2n) is 3.78. The average molecular weight is 266 g/mol. The Morgan fingerprint density at radius 2 is 1.95 bits per heavy atom. The fourth-order valence-corrected chi connectivity index (χ4v) is 1.28. The topological polar surface area (TPSA) is 90.6 Å². The Labute approximate surface area is 111 Å². The molecule has 6 nitrogen and oxygen atoms in total. The molecule has 0 unspecified atom stereocenters. The zero-order valence-electron chi connectivity index (χ0n) is 10.8. The van der Waals surface area contributed by atoms with Crippen LogP contribution >= 0.6 is 0 Å². The van der Waals surface area contributed by atoms with Crippen molar-refractivity contribution in [3.8, 4) is 5.75 Å². The second kappa shape index (κ2) is 7.97. The van der Waals surface area contributed by atoms with Crippen LogP contribution in [0, 0.1) is 0 Å². The number of carbonyl (C=O) groups excluding carboxylic acids is 2. The van der Waals surface area contributed by atoms with Gasteiger partial charge in [-0.05, 0) is 31.2 Å². The van der Waals surface area contributed by atoms with Crippen molar-refractivity contribution in [2.45, 2.75) is 13.3 Å². The largest absolute Gasteiger partial charge is 0.493 e. The van der Waals surface area contributed by atoms with E-state index in [9.17, 15) is 9.59 Å². The van der Waals surface area contributed by atoms with E-state index in [4.69, 9.17) is 15.2 Å². The number of likely N-dealkylation sites (N-methyl/N-ethyl adjacent to an activating group) is 1. The second-order valence-corrected chi connectivity index (χ2v) is 3.78. The van der Waals surface area contributed by atoms with Gasteiger partial charge in [0, 0.05) is 12.2 Å². The first-order chi connectivity index (χ1) is 9.11. The van der Waals surface area contributed by atoms with E-state index in [0.29, 0.717) is 18.0 Å². The Morgan fingerprint density at radius 3 is 2.58 bits per heavy atom. The van der Waals surface area contributed by atoms with Crippen molar-refractivity contribution in [2.75, 3.05) is 25.5 Å². The minimum atomic E-state index is -0.471. The zero-order chi connectivity index (χ0) is 14.1. The standard InChI is InChI=1S/C13H18N2O4/c1-2-15-12(16)9-19-13(17)7-8-18-11-5-3-10(14)4-6-11/h3-6H,2,7-9,14H2,1H3,(H,15,16). The van der Waals surface area contributed by atoms with E-state index in [1.807, 2.05) is 0 Å². The summed E-state index contributed by atoms with van der Waals surface area (Å²) in [5.74, 6) is -0.150. The molecule has 104 valence electrons. The molecule has 0 saturated carbocycles. The van der Waals surface area contributed by atoms with Gasteiger partial charge in [-0.2, -0.15) is 0 Å². The molecule has 0 radical (unpaired) electrons. The number of benzene rings is 1. The van der Waals surface area contributed by atoms with Gasteiger partial charge in [0.1, 0.15) is 5.75 Å². The smallest absolute Gasteiger partial charge is 0.309 e. The Kier molecular flexibility index (Phi) is 6.21. The van der Waals surface area contributed by atoms with Gasteiger partial charge >= 0.3 is 5.97 Å². The third-order valence-corrected chi connectivity index (χ3v) is 2.19. The maximum Gasteiger partial charge on any atom is 0.309 e. The molecule has 0 aliphatic heterocycles. The first-order valence-electron chi connectivity index (χ1n) is 6.02. The summed E-state index contributed by atoms with van der Waals surface area (Å²) in [6, 6.07) is 6.86. The number of nitrogen functional groups attached to an aromatic ring is 1. The lowest BCUT2D eigenvalue weighted by atomic mass is 10.3. The SMILES string of the molecule is CCNC(=O)COC(=O)CCOc1ccc(N)cc1. The van der Waals surface area contributed by atoms with Gasteiger partial charge in [-0.3, -0.25) is 9.59 Å². The molecule has 0 spiro atoms. The van der Waals surface area contributed by atoms with E-state index < -0.39 is 5.97 Å². The molecule has 1 aromatic carbocycles. The summed E-state index contributed by atoms with van der Waals surface area (Å²) in [4.78, 5) is 22.3. The Balaban J connectivity index is 2.16. The molecule has 0 atom stereocenters. The van der Waals surface area contributed by atoms with Crippen molar-refractivity contribution >= 4 is 17.6 Å². The summed E-state index contributed by atoms with van der Waals surface area (Å²) in [5, 5.41) is 2.53. The first kappa shape index (κ1) is 14.8. The third-order valence-electron chi connectivity index (χ3n) is 2.19. The average Bonchev–Trinajstić information content (AvgIpc) is 2.39. The van der Waals surface area contributed by atoms with Crippen LogP contribution in [0.3, 0.4) is 0 Å². The van der Waals surface area contributed by atoms with Crippen molar-refractivity contribution in [1.29, 1.82) is 0 Å². The molecule has 0 bridgehead atoms. The molecule has 1 rings (SSSR count). The van der Waals surface area contributed by atoms with Crippen LogP contribution in [0.4, 0.5) is 5.69 Å². The number of carbonyl (C=O) groups is 2. The molecule has 0 aliphatic carbocycles. The summed E-state index contributed by atoms with van der Waals surface area (Å²) in [7, 11) is 0. The lowest BCUT2D eigenvalue weighted by Crippen LogP contribution is -2.28. The molecule has 1 aromatic rings. The molecule has 0 aliphatic rings. The summed E-state index contributed by atoms with van der Waals surface area (Å²) >= 11 is 0. The van der Waals surface area contributed by atoms with Gasteiger partial charge in [0.2, 0.25) is 0 Å². The van der Waals surface area contributed by atoms with Gasteiger partial charge in [-0.15, -0.1) is 0 Å². The monoisotopic (exact) mass is 266 g/mol. The van der Waals surface area contributed by atoms with Crippen molar-refractivity contribution < 1.29 is 19.1 Å². The van der Waals surface area contributed by atoms with Crippen molar-refractivity contribution in [3.05, 3.63) is 24.3 Å². The van der Waals surface area contributed by atoms with Crippen LogP contribution in [0.25, 0.3) is 0 Å². The van der Waals surface area contributed by atoms with Gasteiger partial charge in [-0.1, -0.05) is 0 Å². The quantitative estimate of drug-likeness (QED) is 0.560. The van der Waals surface area contributed by atoms with Crippen LogP contribution in [0.5, 0.6) is 5.75 Å². The van der Waals surface area contributed by atoms with Crippen LogP contribution in [0.1, 0.15) is 13.3 Å². The molecule has 0 saturated heterocycles. The number of nitrogens with two attached hydrogens (primary N) is 1. The van der Waals surface area contributed by atoms with Crippen molar-refractivity contribution in [2.24, 2.45) is 0 Å². The van der Waals surface area contributed by atoms with Gasteiger partial charge in [0.25, 0.3) is 5.91 Å². The highest BCUT2D eigenvalue weighted by Crippen LogP contribution is 2.13. The highest BCUT2D eigenvalue weighted by molar-refractivity contribution is 5.80. The minimum Gasteiger partial charge on any atom is -0.493 e. The number of rotatable bonds is 7. The molecule has 6 heteroatoms. The molecule has 0 heterocycles. The van der Waals surface area contributed by atoms with Crippen LogP contribution in [0.2, 0.25) is 0 Å². The zero-order valence-corrected chi connectivity index (χ0v) is 10.8. The number of nitrogens with one attached hydrogen (secondary N) is 1. The maximum atomic E-state index is 11.3. The number of ether oxygens (including phenoxy) is 2. The number of esters is 1. The Hall–Kier alpha value is -2.24.